The Bertz CT molecular complexity index is 452. The number of benzene rings is 1. The molecular weight excluding hydrogens is 222 g/mol. The number of unbranched alkanes of at least 4 members (excludes halogenated alkanes) is 1. The van der Waals surface area contributed by atoms with Gasteiger partial charge in [0.05, 0.1) is 4.90 Å². The summed E-state index contributed by atoms with van der Waals surface area (Å²) in [7, 11) is -3.34. The fourth-order valence-corrected chi connectivity index (χ4v) is 2.87. The Morgan fingerprint density at radius 2 is 1.94 bits per heavy atom. The van der Waals surface area contributed by atoms with Crippen LogP contribution < -0.4 is 4.72 Å². The van der Waals surface area contributed by atoms with Gasteiger partial charge in [0.2, 0.25) is 10.0 Å². The van der Waals surface area contributed by atoms with Crippen LogP contribution in [-0.2, 0) is 10.0 Å². The van der Waals surface area contributed by atoms with Crippen molar-refractivity contribution in [2.45, 2.75) is 38.5 Å². The van der Waals surface area contributed by atoms with Crippen molar-refractivity contribution in [3.63, 3.8) is 0 Å². The molecule has 90 valence electrons. The van der Waals surface area contributed by atoms with Crippen molar-refractivity contribution in [3.8, 4) is 0 Å². The van der Waals surface area contributed by atoms with E-state index in [0.717, 1.165) is 24.0 Å². The van der Waals surface area contributed by atoms with E-state index < -0.39 is 10.0 Å². The Morgan fingerprint density at radius 1 is 1.25 bits per heavy atom. The van der Waals surface area contributed by atoms with Crippen LogP contribution in [0.3, 0.4) is 0 Å². The van der Waals surface area contributed by atoms with Gasteiger partial charge >= 0.3 is 0 Å². The van der Waals surface area contributed by atoms with Gasteiger partial charge in [-0.3, -0.25) is 0 Å². The minimum atomic E-state index is -3.34. The molecule has 1 N–H and O–H groups in total. The molecule has 1 aromatic rings. The molecule has 3 nitrogen and oxygen atoms in total. The maximum absolute atomic E-state index is 12.0. The monoisotopic (exact) mass is 241 g/mol. The van der Waals surface area contributed by atoms with Gasteiger partial charge in [-0.2, -0.15) is 0 Å². The quantitative estimate of drug-likeness (QED) is 0.804. The van der Waals surface area contributed by atoms with Crippen molar-refractivity contribution >= 4 is 10.0 Å². The summed E-state index contributed by atoms with van der Waals surface area (Å²) in [5.74, 6) is 0. The molecule has 0 aliphatic carbocycles. The van der Waals surface area contributed by atoms with Gasteiger partial charge in [0.1, 0.15) is 0 Å². The molecule has 16 heavy (non-hydrogen) atoms. The highest BCUT2D eigenvalue weighted by molar-refractivity contribution is 7.89. The number of rotatable bonds is 5. The molecule has 0 bridgehead atoms. The average molecular weight is 241 g/mol. The van der Waals surface area contributed by atoms with Crippen LogP contribution in [0.15, 0.2) is 23.1 Å². The van der Waals surface area contributed by atoms with Crippen LogP contribution >= 0.6 is 0 Å². The predicted octanol–water partition coefficient (Wildman–Crippen LogP) is 2.38. The molecule has 0 saturated heterocycles. The standard InChI is InChI=1S/C12H19NO2S/c1-4-5-9-13-16(14,15)12-8-6-7-10(2)11(12)3/h6-8,13H,4-5,9H2,1-3H3. The van der Waals surface area contributed by atoms with E-state index in [4.69, 9.17) is 0 Å². The summed E-state index contributed by atoms with van der Waals surface area (Å²) in [6, 6.07) is 5.34. The zero-order valence-corrected chi connectivity index (χ0v) is 10.9. The lowest BCUT2D eigenvalue weighted by Gasteiger charge is -2.10. The Morgan fingerprint density at radius 3 is 2.56 bits per heavy atom. The minimum absolute atomic E-state index is 0.392. The maximum atomic E-state index is 12.0. The van der Waals surface area contributed by atoms with Crippen LogP contribution in [0, 0.1) is 13.8 Å². The van der Waals surface area contributed by atoms with Crippen molar-refractivity contribution in [1.82, 2.24) is 4.72 Å². The van der Waals surface area contributed by atoms with Gasteiger partial charge in [-0.25, -0.2) is 13.1 Å². The highest BCUT2D eigenvalue weighted by Crippen LogP contribution is 2.17. The second-order valence-corrected chi connectivity index (χ2v) is 5.68. The maximum Gasteiger partial charge on any atom is 0.240 e. The van der Waals surface area contributed by atoms with Crippen LogP contribution in [0.2, 0.25) is 0 Å². The largest absolute Gasteiger partial charge is 0.240 e. The van der Waals surface area contributed by atoms with Crippen LogP contribution in [-0.4, -0.2) is 15.0 Å². The molecule has 0 aliphatic rings. The van der Waals surface area contributed by atoms with Crippen molar-refractivity contribution in [3.05, 3.63) is 29.3 Å². The lowest BCUT2D eigenvalue weighted by atomic mass is 10.1. The number of hydrogen-bond donors (Lipinski definition) is 1. The third kappa shape index (κ3) is 3.06. The fourth-order valence-electron chi connectivity index (χ4n) is 1.48. The van der Waals surface area contributed by atoms with Crippen LogP contribution in [0.5, 0.6) is 0 Å². The molecule has 0 atom stereocenters. The van der Waals surface area contributed by atoms with E-state index in [1.54, 1.807) is 12.1 Å². The van der Waals surface area contributed by atoms with E-state index in [0.29, 0.717) is 11.4 Å². The summed E-state index contributed by atoms with van der Waals surface area (Å²) in [5, 5.41) is 0. The highest BCUT2D eigenvalue weighted by atomic mass is 32.2. The van der Waals surface area contributed by atoms with Gasteiger partial charge in [0, 0.05) is 6.54 Å². The van der Waals surface area contributed by atoms with E-state index in [2.05, 4.69) is 4.72 Å². The first kappa shape index (κ1) is 13.2. The summed E-state index contributed by atoms with van der Waals surface area (Å²) in [4.78, 5) is 0.392. The molecule has 0 fully saturated rings. The van der Waals surface area contributed by atoms with E-state index in [1.165, 1.54) is 0 Å². The van der Waals surface area contributed by atoms with Crippen molar-refractivity contribution in [1.29, 1.82) is 0 Å². The number of hydrogen-bond acceptors (Lipinski definition) is 2. The van der Waals surface area contributed by atoms with Crippen LogP contribution in [0.25, 0.3) is 0 Å². The number of aryl methyl sites for hydroxylation is 1. The van der Waals surface area contributed by atoms with Gasteiger partial charge in [-0.15, -0.1) is 0 Å². The van der Waals surface area contributed by atoms with Gasteiger partial charge in [-0.1, -0.05) is 25.5 Å². The normalized spacial score (nSPS) is 11.7. The Labute approximate surface area is 97.9 Å². The summed E-state index contributed by atoms with van der Waals surface area (Å²) < 4.78 is 26.6. The van der Waals surface area contributed by atoms with Gasteiger partial charge in [0.15, 0.2) is 0 Å². The van der Waals surface area contributed by atoms with Gasteiger partial charge in [0.25, 0.3) is 0 Å². The summed E-state index contributed by atoms with van der Waals surface area (Å²) in [6.07, 6.45) is 1.85. The second-order valence-electron chi connectivity index (χ2n) is 3.95. The molecule has 0 heterocycles. The highest BCUT2D eigenvalue weighted by Gasteiger charge is 2.16. The lowest BCUT2D eigenvalue weighted by Crippen LogP contribution is -2.25. The number of nitrogens with one attached hydrogen (secondary N) is 1. The molecule has 1 rings (SSSR count). The summed E-state index contributed by atoms with van der Waals surface area (Å²) >= 11 is 0. The lowest BCUT2D eigenvalue weighted by molar-refractivity contribution is 0.577. The zero-order chi connectivity index (χ0) is 12.2. The van der Waals surface area contributed by atoms with Crippen LogP contribution in [0.1, 0.15) is 30.9 Å². The molecule has 0 radical (unpaired) electrons. The first-order valence-corrected chi connectivity index (χ1v) is 7.03. The second kappa shape index (κ2) is 5.46. The van der Waals surface area contributed by atoms with Crippen LogP contribution in [0.4, 0.5) is 0 Å². The Kier molecular flexibility index (Phi) is 4.50. The third-order valence-electron chi connectivity index (χ3n) is 2.67. The minimum Gasteiger partial charge on any atom is -0.211 e. The first-order valence-electron chi connectivity index (χ1n) is 5.55. The average Bonchev–Trinajstić information content (AvgIpc) is 2.22. The van der Waals surface area contributed by atoms with Crippen molar-refractivity contribution in [2.24, 2.45) is 0 Å². The molecule has 0 unspecified atom stereocenters. The topological polar surface area (TPSA) is 46.2 Å². The molecule has 1 aromatic carbocycles. The first-order chi connectivity index (χ1) is 7.49. The fraction of sp³-hybridized carbons (Fsp3) is 0.500. The molecular formula is C12H19NO2S. The molecule has 0 amide bonds. The van der Waals surface area contributed by atoms with Gasteiger partial charge in [-0.05, 0) is 37.5 Å². The molecule has 0 aromatic heterocycles. The van der Waals surface area contributed by atoms with Crippen molar-refractivity contribution in [2.75, 3.05) is 6.54 Å². The Hall–Kier alpha value is -0.870. The smallest absolute Gasteiger partial charge is 0.211 e. The van der Waals surface area contributed by atoms with E-state index in [-0.39, 0.29) is 0 Å². The summed E-state index contributed by atoms with van der Waals surface area (Å²) in [6.45, 7) is 6.29. The van der Waals surface area contributed by atoms with Crippen molar-refractivity contribution < 1.29 is 8.42 Å². The van der Waals surface area contributed by atoms with E-state index in [1.807, 2.05) is 26.8 Å². The predicted molar refractivity (Wildman–Crippen MR) is 66.0 cm³/mol. The third-order valence-corrected chi connectivity index (χ3v) is 4.27. The van der Waals surface area contributed by atoms with Gasteiger partial charge < -0.3 is 0 Å². The van der Waals surface area contributed by atoms with E-state index >= 15 is 0 Å². The van der Waals surface area contributed by atoms with E-state index in [9.17, 15) is 8.42 Å². The number of sulfonamides is 1. The molecule has 4 heteroatoms. The summed E-state index contributed by atoms with van der Waals surface area (Å²) in [5.41, 5.74) is 1.82. The Balaban J connectivity index is 2.94. The zero-order valence-electron chi connectivity index (χ0n) is 10.1. The molecule has 0 spiro atoms. The molecule has 0 aliphatic heterocycles. The molecule has 0 saturated carbocycles. The SMILES string of the molecule is CCCCNS(=O)(=O)c1cccc(C)c1C.